The van der Waals surface area contributed by atoms with E-state index < -0.39 is 0 Å². The van der Waals surface area contributed by atoms with Crippen molar-refractivity contribution >= 4 is 5.78 Å². The van der Waals surface area contributed by atoms with Crippen LogP contribution in [0.15, 0.2) is 23.8 Å². The second-order valence-electron chi connectivity index (χ2n) is 5.35. The summed E-state index contributed by atoms with van der Waals surface area (Å²) in [5.41, 5.74) is 1.49. The molecule has 0 aliphatic heterocycles. The van der Waals surface area contributed by atoms with Gasteiger partial charge in [0.15, 0.2) is 5.78 Å². The van der Waals surface area contributed by atoms with Crippen molar-refractivity contribution in [1.82, 2.24) is 0 Å². The Morgan fingerprint density at radius 2 is 2.07 bits per heavy atom. The van der Waals surface area contributed by atoms with Gasteiger partial charge >= 0.3 is 0 Å². The molecule has 2 aliphatic rings. The standard InChI is InChI=1S/C14H20O/c1-10-5-4-6-11(2)14(3)8-7-12(15)9-13(10)14/h7-11H,4-6H2,1-3H3/t10-,11-,14+/m0/s1. The van der Waals surface area contributed by atoms with Crippen molar-refractivity contribution in [1.29, 1.82) is 0 Å². The fourth-order valence-electron chi connectivity index (χ4n) is 3.02. The molecule has 15 heavy (non-hydrogen) atoms. The summed E-state index contributed by atoms with van der Waals surface area (Å²) in [7, 11) is 0. The Labute approximate surface area is 92.3 Å². The Morgan fingerprint density at radius 1 is 1.33 bits per heavy atom. The molecule has 0 unspecified atom stereocenters. The normalized spacial score (nSPS) is 40.7. The number of carbonyl (C=O) groups excluding carboxylic acids is 1. The summed E-state index contributed by atoms with van der Waals surface area (Å²) in [6, 6.07) is 0. The van der Waals surface area contributed by atoms with Crippen LogP contribution in [0.25, 0.3) is 0 Å². The number of fused-ring (bicyclic) bond motifs is 1. The van der Waals surface area contributed by atoms with Crippen LogP contribution < -0.4 is 0 Å². The van der Waals surface area contributed by atoms with Crippen LogP contribution in [0.1, 0.15) is 40.0 Å². The topological polar surface area (TPSA) is 17.1 Å². The molecule has 0 heterocycles. The zero-order valence-electron chi connectivity index (χ0n) is 9.92. The summed E-state index contributed by atoms with van der Waals surface area (Å²) in [5.74, 6) is 1.38. The number of ketones is 1. The van der Waals surface area contributed by atoms with Crippen molar-refractivity contribution in [3.05, 3.63) is 23.8 Å². The van der Waals surface area contributed by atoms with E-state index >= 15 is 0 Å². The average molecular weight is 204 g/mol. The lowest BCUT2D eigenvalue weighted by atomic mass is 9.67. The zero-order valence-corrected chi connectivity index (χ0v) is 9.92. The maximum Gasteiger partial charge on any atom is 0.178 e. The first-order valence-electron chi connectivity index (χ1n) is 5.99. The predicted octanol–water partition coefficient (Wildman–Crippen LogP) is 3.51. The summed E-state index contributed by atoms with van der Waals surface area (Å²) >= 11 is 0. The smallest absolute Gasteiger partial charge is 0.178 e. The van der Waals surface area contributed by atoms with Crippen molar-refractivity contribution < 1.29 is 4.79 Å². The molecule has 0 bridgehead atoms. The molecule has 0 radical (unpaired) electrons. The molecule has 0 saturated heterocycles. The van der Waals surface area contributed by atoms with Gasteiger partial charge in [-0.25, -0.2) is 0 Å². The van der Waals surface area contributed by atoms with Crippen LogP contribution in [-0.4, -0.2) is 5.78 Å². The molecular weight excluding hydrogens is 184 g/mol. The third-order valence-electron chi connectivity index (χ3n) is 4.34. The van der Waals surface area contributed by atoms with Gasteiger partial charge in [-0.3, -0.25) is 4.79 Å². The Bertz CT molecular complexity index is 337. The number of hydrogen-bond acceptors (Lipinski definition) is 1. The fraction of sp³-hybridized carbons (Fsp3) is 0.643. The predicted molar refractivity (Wildman–Crippen MR) is 62.5 cm³/mol. The minimum Gasteiger partial charge on any atom is -0.290 e. The van der Waals surface area contributed by atoms with Crippen LogP contribution in [0.4, 0.5) is 0 Å². The highest BCUT2D eigenvalue weighted by atomic mass is 16.1. The van der Waals surface area contributed by atoms with E-state index in [0.29, 0.717) is 11.8 Å². The van der Waals surface area contributed by atoms with Gasteiger partial charge in [0.25, 0.3) is 0 Å². The largest absolute Gasteiger partial charge is 0.290 e. The van der Waals surface area contributed by atoms with Crippen molar-refractivity contribution in [2.75, 3.05) is 0 Å². The highest BCUT2D eigenvalue weighted by molar-refractivity contribution is 6.01. The van der Waals surface area contributed by atoms with Crippen molar-refractivity contribution in [2.24, 2.45) is 17.3 Å². The Hall–Kier alpha value is -0.850. The molecule has 0 aromatic carbocycles. The molecule has 0 N–H and O–H groups in total. The summed E-state index contributed by atoms with van der Waals surface area (Å²) in [4.78, 5) is 11.5. The molecule has 1 saturated carbocycles. The SMILES string of the molecule is C[C@H]1CCC[C@H](C)[C@@]2(C)C=CC(=O)C=C12. The molecule has 0 amide bonds. The van der Waals surface area contributed by atoms with Gasteiger partial charge in [-0.15, -0.1) is 0 Å². The molecule has 0 aromatic heterocycles. The zero-order chi connectivity index (χ0) is 11.1. The van der Waals surface area contributed by atoms with Gasteiger partial charge in [0.2, 0.25) is 0 Å². The molecular formula is C14H20O. The van der Waals surface area contributed by atoms with Crippen molar-refractivity contribution in [3.8, 4) is 0 Å². The third kappa shape index (κ3) is 1.68. The lowest BCUT2D eigenvalue weighted by molar-refractivity contribution is -0.110. The molecule has 0 aromatic rings. The number of allylic oxidation sites excluding steroid dienone is 4. The van der Waals surface area contributed by atoms with Crippen LogP contribution in [0, 0.1) is 17.3 Å². The third-order valence-corrected chi connectivity index (χ3v) is 4.34. The van der Waals surface area contributed by atoms with E-state index in [1.807, 2.05) is 6.08 Å². The van der Waals surface area contributed by atoms with E-state index in [9.17, 15) is 4.79 Å². The van der Waals surface area contributed by atoms with Crippen LogP contribution in [0.5, 0.6) is 0 Å². The van der Waals surface area contributed by atoms with Gasteiger partial charge in [-0.05, 0) is 36.8 Å². The summed E-state index contributed by atoms with van der Waals surface area (Å²) < 4.78 is 0. The summed E-state index contributed by atoms with van der Waals surface area (Å²) in [6.07, 6.45) is 9.56. The van der Waals surface area contributed by atoms with Gasteiger partial charge in [0.1, 0.15) is 0 Å². The highest BCUT2D eigenvalue weighted by Gasteiger charge is 2.38. The fourth-order valence-corrected chi connectivity index (χ4v) is 3.02. The average Bonchev–Trinajstić information content (AvgIpc) is 2.30. The molecule has 82 valence electrons. The van der Waals surface area contributed by atoms with Gasteiger partial charge in [0.05, 0.1) is 0 Å². The first kappa shape index (κ1) is 10.7. The lowest BCUT2D eigenvalue weighted by Gasteiger charge is -2.37. The van der Waals surface area contributed by atoms with Crippen LogP contribution in [-0.2, 0) is 4.79 Å². The Morgan fingerprint density at radius 3 is 2.80 bits per heavy atom. The second-order valence-corrected chi connectivity index (χ2v) is 5.35. The van der Waals surface area contributed by atoms with Gasteiger partial charge in [0, 0.05) is 5.41 Å². The minimum atomic E-state index is 0.129. The van der Waals surface area contributed by atoms with Crippen molar-refractivity contribution in [3.63, 3.8) is 0 Å². The van der Waals surface area contributed by atoms with Gasteiger partial charge in [-0.1, -0.05) is 38.8 Å². The molecule has 1 nitrogen and oxygen atoms in total. The summed E-state index contributed by atoms with van der Waals surface area (Å²) in [5, 5.41) is 0. The van der Waals surface area contributed by atoms with Gasteiger partial charge in [-0.2, -0.15) is 0 Å². The molecule has 1 heteroatoms. The monoisotopic (exact) mass is 204 g/mol. The van der Waals surface area contributed by atoms with Crippen LogP contribution in [0.3, 0.4) is 0 Å². The first-order chi connectivity index (χ1) is 7.04. The molecule has 1 fully saturated rings. The Balaban J connectivity index is 2.45. The quantitative estimate of drug-likeness (QED) is 0.590. The number of rotatable bonds is 0. The highest BCUT2D eigenvalue weighted by Crippen LogP contribution is 2.48. The number of hydrogen-bond donors (Lipinski definition) is 0. The van der Waals surface area contributed by atoms with E-state index in [2.05, 4.69) is 26.8 Å². The second kappa shape index (κ2) is 3.62. The molecule has 0 spiro atoms. The van der Waals surface area contributed by atoms with Crippen LogP contribution in [0.2, 0.25) is 0 Å². The number of carbonyl (C=O) groups is 1. The van der Waals surface area contributed by atoms with E-state index in [1.165, 1.54) is 24.8 Å². The minimum absolute atomic E-state index is 0.129. The maximum atomic E-state index is 11.5. The molecule has 3 atom stereocenters. The first-order valence-corrected chi connectivity index (χ1v) is 5.99. The maximum absolute atomic E-state index is 11.5. The van der Waals surface area contributed by atoms with E-state index in [4.69, 9.17) is 0 Å². The van der Waals surface area contributed by atoms with E-state index in [0.717, 1.165) is 0 Å². The molecule has 2 aliphatic carbocycles. The van der Waals surface area contributed by atoms with Gasteiger partial charge < -0.3 is 0 Å². The lowest BCUT2D eigenvalue weighted by Crippen LogP contribution is -2.29. The summed E-state index contributed by atoms with van der Waals surface area (Å²) in [6.45, 7) is 6.86. The Kier molecular flexibility index (Phi) is 2.57. The van der Waals surface area contributed by atoms with Crippen LogP contribution >= 0.6 is 0 Å². The van der Waals surface area contributed by atoms with E-state index in [1.54, 1.807) is 6.08 Å². The van der Waals surface area contributed by atoms with E-state index in [-0.39, 0.29) is 11.2 Å². The van der Waals surface area contributed by atoms with Crippen molar-refractivity contribution in [2.45, 2.75) is 40.0 Å². The molecule has 2 rings (SSSR count).